The predicted octanol–water partition coefficient (Wildman–Crippen LogP) is 3.50. The molecule has 0 aliphatic heterocycles. The molecule has 0 aliphatic rings. The highest BCUT2D eigenvalue weighted by molar-refractivity contribution is 6.35. The normalized spacial score (nSPS) is 9.79. The minimum absolute atomic E-state index is 0. The summed E-state index contributed by atoms with van der Waals surface area (Å²) in [7, 11) is 5.69. The van der Waals surface area contributed by atoms with E-state index in [9.17, 15) is 0 Å². The van der Waals surface area contributed by atoms with Crippen LogP contribution in [0.2, 0.25) is 10.0 Å². The quantitative estimate of drug-likeness (QED) is 0.795. The van der Waals surface area contributed by atoms with Crippen molar-refractivity contribution < 1.29 is 4.74 Å². The Balaban J connectivity index is 0. The Labute approximate surface area is 137 Å². The van der Waals surface area contributed by atoms with Gasteiger partial charge in [0.25, 0.3) is 0 Å². The fourth-order valence-electron chi connectivity index (χ4n) is 1.50. The van der Waals surface area contributed by atoms with Crippen LogP contribution in [0.15, 0.2) is 12.1 Å². The van der Waals surface area contributed by atoms with Crippen LogP contribution >= 0.6 is 48.0 Å². The summed E-state index contributed by atoms with van der Waals surface area (Å²) in [6.07, 6.45) is 0. The zero-order chi connectivity index (χ0) is 12.8. The van der Waals surface area contributed by atoms with Gasteiger partial charge >= 0.3 is 0 Å². The van der Waals surface area contributed by atoms with Gasteiger partial charge in [0.2, 0.25) is 0 Å². The number of rotatable bonds is 6. The van der Waals surface area contributed by atoms with Crippen LogP contribution < -0.4 is 10.1 Å². The first-order valence-corrected chi connectivity index (χ1v) is 6.17. The molecule has 19 heavy (non-hydrogen) atoms. The van der Waals surface area contributed by atoms with E-state index >= 15 is 0 Å². The van der Waals surface area contributed by atoms with E-state index in [0.29, 0.717) is 22.3 Å². The number of methoxy groups -OCH3 is 1. The summed E-state index contributed by atoms with van der Waals surface area (Å²) in [5, 5.41) is 4.49. The molecule has 0 saturated carbocycles. The molecule has 0 atom stereocenters. The molecule has 0 saturated heterocycles. The molecule has 1 N–H and O–H groups in total. The summed E-state index contributed by atoms with van der Waals surface area (Å²) in [5.41, 5.74) is 0.976. The molecule has 0 unspecified atom stereocenters. The topological polar surface area (TPSA) is 24.5 Å². The number of benzene rings is 1. The van der Waals surface area contributed by atoms with Crippen molar-refractivity contribution >= 4 is 48.0 Å². The molecule has 0 spiro atoms. The fourth-order valence-corrected chi connectivity index (χ4v) is 2.11. The van der Waals surface area contributed by atoms with Crippen LogP contribution in [-0.2, 0) is 6.54 Å². The molecule has 0 amide bonds. The lowest BCUT2D eigenvalue weighted by molar-refractivity contribution is 0.392. The molecule has 1 rings (SSSR count). The molecular weight excluding hydrogens is 330 g/mol. The number of ether oxygens (including phenoxy) is 1. The lowest BCUT2D eigenvalue weighted by Crippen LogP contribution is -2.26. The summed E-state index contributed by atoms with van der Waals surface area (Å²) >= 11 is 12.0. The highest BCUT2D eigenvalue weighted by Crippen LogP contribution is 2.31. The predicted molar refractivity (Wildman–Crippen MR) is 87.8 cm³/mol. The van der Waals surface area contributed by atoms with Crippen molar-refractivity contribution in [3.05, 3.63) is 27.7 Å². The summed E-state index contributed by atoms with van der Waals surface area (Å²) in [6, 6.07) is 3.56. The maximum Gasteiger partial charge on any atom is 0.142 e. The molecule has 1 aromatic carbocycles. The summed E-state index contributed by atoms with van der Waals surface area (Å²) in [5.74, 6) is 0.688. The van der Waals surface area contributed by atoms with Crippen LogP contribution in [0.1, 0.15) is 5.56 Å². The number of hydrogen-bond acceptors (Lipinski definition) is 3. The van der Waals surface area contributed by atoms with Crippen LogP contribution in [0.25, 0.3) is 0 Å². The number of hydrogen-bond donors (Lipinski definition) is 1. The smallest absolute Gasteiger partial charge is 0.142 e. The van der Waals surface area contributed by atoms with E-state index in [1.165, 1.54) is 0 Å². The van der Waals surface area contributed by atoms with Crippen molar-refractivity contribution in [2.45, 2.75) is 6.54 Å². The zero-order valence-electron chi connectivity index (χ0n) is 11.2. The maximum atomic E-state index is 6.05. The van der Waals surface area contributed by atoms with E-state index in [1.54, 1.807) is 13.2 Å². The third-order valence-corrected chi connectivity index (χ3v) is 2.84. The molecular formula is C12H20Cl4N2O. The van der Waals surface area contributed by atoms with E-state index in [2.05, 4.69) is 10.2 Å². The van der Waals surface area contributed by atoms with E-state index in [1.807, 2.05) is 20.2 Å². The maximum absolute atomic E-state index is 6.05. The van der Waals surface area contributed by atoms with Gasteiger partial charge in [-0.3, -0.25) is 0 Å². The Morgan fingerprint density at radius 1 is 1.21 bits per heavy atom. The molecule has 7 heteroatoms. The fraction of sp³-hybridized carbons (Fsp3) is 0.500. The van der Waals surface area contributed by atoms with Crippen molar-refractivity contribution in [3.63, 3.8) is 0 Å². The van der Waals surface area contributed by atoms with Crippen LogP contribution in [0, 0.1) is 0 Å². The average molecular weight is 350 g/mol. The van der Waals surface area contributed by atoms with Crippen molar-refractivity contribution in [1.29, 1.82) is 0 Å². The Kier molecular flexibility index (Phi) is 12.2. The Bertz CT molecular complexity index is 375. The second kappa shape index (κ2) is 10.8. The minimum atomic E-state index is 0. The molecule has 1 aromatic rings. The molecule has 0 bridgehead atoms. The number of nitrogens with zero attached hydrogens (tertiary/aromatic N) is 1. The molecule has 0 radical (unpaired) electrons. The van der Waals surface area contributed by atoms with Crippen molar-refractivity contribution in [1.82, 2.24) is 10.2 Å². The van der Waals surface area contributed by atoms with E-state index in [0.717, 1.165) is 18.7 Å². The zero-order valence-corrected chi connectivity index (χ0v) is 14.3. The van der Waals surface area contributed by atoms with Gasteiger partial charge in [0.05, 0.1) is 12.1 Å². The Hall–Kier alpha value is 0.1000. The molecule has 112 valence electrons. The first-order chi connectivity index (χ1) is 8.04. The van der Waals surface area contributed by atoms with Gasteiger partial charge in [-0.15, -0.1) is 24.8 Å². The van der Waals surface area contributed by atoms with E-state index in [4.69, 9.17) is 27.9 Å². The SMILES string of the molecule is COc1c(Cl)cc(Cl)cc1CNCCN(C)C.Cl.Cl. The monoisotopic (exact) mass is 348 g/mol. The van der Waals surface area contributed by atoms with Crippen LogP contribution in [0.5, 0.6) is 5.75 Å². The van der Waals surface area contributed by atoms with Gasteiger partial charge in [0, 0.05) is 30.2 Å². The average Bonchev–Trinajstić information content (AvgIpc) is 2.23. The van der Waals surface area contributed by atoms with Gasteiger partial charge in [-0.2, -0.15) is 0 Å². The van der Waals surface area contributed by atoms with Crippen LogP contribution in [-0.4, -0.2) is 39.2 Å². The van der Waals surface area contributed by atoms with Crippen molar-refractivity contribution in [2.75, 3.05) is 34.3 Å². The first kappa shape index (κ1) is 21.4. The van der Waals surface area contributed by atoms with Crippen molar-refractivity contribution in [3.8, 4) is 5.75 Å². The van der Waals surface area contributed by atoms with E-state index < -0.39 is 0 Å². The summed E-state index contributed by atoms with van der Waals surface area (Å²) in [4.78, 5) is 2.12. The van der Waals surface area contributed by atoms with E-state index in [-0.39, 0.29) is 24.8 Å². The summed E-state index contributed by atoms with van der Waals surface area (Å²) < 4.78 is 5.27. The molecule has 3 nitrogen and oxygen atoms in total. The highest BCUT2D eigenvalue weighted by atomic mass is 35.5. The second-order valence-corrected chi connectivity index (χ2v) is 4.90. The van der Waals surface area contributed by atoms with Crippen LogP contribution in [0.4, 0.5) is 0 Å². The van der Waals surface area contributed by atoms with Gasteiger partial charge in [0.15, 0.2) is 0 Å². The second-order valence-electron chi connectivity index (χ2n) is 4.06. The molecule has 0 aromatic heterocycles. The van der Waals surface area contributed by atoms with Gasteiger partial charge in [-0.05, 0) is 26.2 Å². The Morgan fingerprint density at radius 2 is 1.84 bits per heavy atom. The number of likely N-dealkylation sites (N-methyl/N-ethyl adjacent to an activating group) is 1. The summed E-state index contributed by atoms with van der Waals surface area (Å²) in [6.45, 7) is 2.58. The van der Waals surface area contributed by atoms with Gasteiger partial charge < -0.3 is 15.0 Å². The number of halogens is 4. The molecule has 0 aliphatic carbocycles. The van der Waals surface area contributed by atoms with Gasteiger partial charge in [0.1, 0.15) is 5.75 Å². The largest absolute Gasteiger partial charge is 0.495 e. The third kappa shape index (κ3) is 7.45. The van der Waals surface area contributed by atoms with Crippen molar-refractivity contribution in [2.24, 2.45) is 0 Å². The van der Waals surface area contributed by atoms with Gasteiger partial charge in [-0.25, -0.2) is 0 Å². The third-order valence-electron chi connectivity index (χ3n) is 2.34. The Morgan fingerprint density at radius 3 is 2.37 bits per heavy atom. The lowest BCUT2D eigenvalue weighted by atomic mass is 10.2. The number of nitrogens with one attached hydrogen (secondary N) is 1. The van der Waals surface area contributed by atoms with Crippen LogP contribution in [0.3, 0.4) is 0 Å². The molecule has 0 fully saturated rings. The first-order valence-electron chi connectivity index (χ1n) is 5.42. The lowest BCUT2D eigenvalue weighted by Gasteiger charge is -2.13. The standard InChI is InChI=1S/C12H18Cl2N2O.2ClH/c1-16(2)5-4-15-8-9-6-10(13)7-11(14)12(9)17-3;;/h6-7,15H,4-5,8H2,1-3H3;2*1H. The molecule has 0 heterocycles. The van der Waals surface area contributed by atoms with Gasteiger partial charge in [-0.1, -0.05) is 23.2 Å². The minimum Gasteiger partial charge on any atom is -0.495 e. The highest BCUT2D eigenvalue weighted by Gasteiger charge is 2.09.